The van der Waals surface area contributed by atoms with E-state index in [2.05, 4.69) is 24.0 Å². The topological polar surface area (TPSA) is 22.1 Å². The van der Waals surface area contributed by atoms with E-state index >= 15 is 0 Å². The molecule has 0 saturated carbocycles. The van der Waals surface area contributed by atoms with Crippen molar-refractivity contribution in [3.63, 3.8) is 0 Å². The van der Waals surface area contributed by atoms with E-state index in [9.17, 15) is 0 Å². The third-order valence-corrected chi connectivity index (χ3v) is 2.44. The zero-order chi connectivity index (χ0) is 11.2. The van der Waals surface area contributed by atoms with E-state index in [-0.39, 0.29) is 6.10 Å². The Morgan fingerprint density at radius 2 is 1.81 bits per heavy atom. The molecule has 0 saturated heterocycles. The van der Waals surface area contributed by atoms with Crippen molar-refractivity contribution in [2.45, 2.75) is 19.4 Å². The summed E-state index contributed by atoms with van der Waals surface area (Å²) >= 11 is 0. The van der Waals surface area contributed by atoms with Gasteiger partial charge in [0.25, 0.3) is 0 Å². The molecule has 1 aromatic carbocycles. The Hall–Kier alpha value is -1.83. The molecule has 1 unspecified atom stereocenters. The first-order valence-corrected chi connectivity index (χ1v) is 5.53. The Morgan fingerprint density at radius 3 is 2.44 bits per heavy atom. The lowest BCUT2D eigenvalue weighted by Gasteiger charge is -2.16. The van der Waals surface area contributed by atoms with Gasteiger partial charge in [-0.3, -0.25) is 0 Å². The Balaban J connectivity index is 2.13. The zero-order valence-electron chi connectivity index (χ0n) is 9.34. The number of aromatic nitrogens is 1. The van der Waals surface area contributed by atoms with E-state index < -0.39 is 0 Å². The minimum absolute atomic E-state index is 0.0797. The van der Waals surface area contributed by atoms with Crippen LogP contribution in [0.15, 0.2) is 54.7 Å². The van der Waals surface area contributed by atoms with Crippen molar-refractivity contribution >= 4 is 0 Å². The van der Waals surface area contributed by atoms with Crippen LogP contribution in [0, 0.1) is 0 Å². The number of rotatable bonds is 4. The van der Waals surface area contributed by atoms with E-state index in [1.54, 1.807) is 6.20 Å². The van der Waals surface area contributed by atoms with Crippen LogP contribution in [0.3, 0.4) is 0 Å². The maximum atomic E-state index is 5.84. The summed E-state index contributed by atoms with van der Waals surface area (Å²) in [6, 6.07) is 15.9. The molecule has 1 aromatic heterocycles. The molecule has 2 nitrogen and oxygen atoms in total. The van der Waals surface area contributed by atoms with Crippen LogP contribution in [0.25, 0.3) is 0 Å². The average molecular weight is 213 g/mol. The molecule has 2 rings (SSSR count). The molecule has 16 heavy (non-hydrogen) atoms. The van der Waals surface area contributed by atoms with Gasteiger partial charge in [0, 0.05) is 12.3 Å². The predicted octanol–water partition coefficient (Wildman–Crippen LogP) is 3.61. The molecule has 2 heteroatoms. The summed E-state index contributed by atoms with van der Waals surface area (Å²) < 4.78 is 5.84. The van der Waals surface area contributed by atoms with Crippen molar-refractivity contribution in [3.8, 4) is 5.88 Å². The summed E-state index contributed by atoms with van der Waals surface area (Å²) in [5.74, 6) is 0.679. The summed E-state index contributed by atoms with van der Waals surface area (Å²) in [6.45, 7) is 2.11. The van der Waals surface area contributed by atoms with Crippen LogP contribution >= 0.6 is 0 Å². The number of nitrogens with zero attached hydrogens (tertiary/aromatic N) is 1. The van der Waals surface area contributed by atoms with Crippen molar-refractivity contribution in [2.75, 3.05) is 0 Å². The van der Waals surface area contributed by atoms with Gasteiger partial charge in [0.1, 0.15) is 6.10 Å². The number of hydrogen-bond donors (Lipinski definition) is 0. The molecule has 0 N–H and O–H groups in total. The van der Waals surface area contributed by atoms with E-state index in [0.29, 0.717) is 5.88 Å². The van der Waals surface area contributed by atoms with Crippen molar-refractivity contribution in [3.05, 3.63) is 60.3 Å². The van der Waals surface area contributed by atoms with Crippen LogP contribution in [0.2, 0.25) is 0 Å². The van der Waals surface area contributed by atoms with Gasteiger partial charge in [-0.25, -0.2) is 4.98 Å². The SMILES string of the molecule is CCC(Oc1ccccn1)c1ccccc1. The van der Waals surface area contributed by atoms with E-state index in [1.165, 1.54) is 5.56 Å². The third kappa shape index (κ3) is 2.60. The highest BCUT2D eigenvalue weighted by atomic mass is 16.5. The minimum atomic E-state index is 0.0797. The number of benzene rings is 1. The highest BCUT2D eigenvalue weighted by Gasteiger charge is 2.10. The van der Waals surface area contributed by atoms with Crippen molar-refractivity contribution < 1.29 is 4.74 Å². The van der Waals surface area contributed by atoms with E-state index in [4.69, 9.17) is 4.74 Å². The number of pyridine rings is 1. The smallest absolute Gasteiger partial charge is 0.213 e. The van der Waals surface area contributed by atoms with Gasteiger partial charge in [-0.15, -0.1) is 0 Å². The Bertz CT molecular complexity index is 413. The largest absolute Gasteiger partial charge is 0.469 e. The molecule has 0 amide bonds. The Morgan fingerprint density at radius 1 is 1.06 bits per heavy atom. The van der Waals surface area contributed by atoms with Gasteiger partial charge in [-0.05, 0) is 18.1 Å². The number of hydrogen-bond acceptors (Lipinski definition) is 2. The second-order valence-electron chi connectivity index (χ2n) is 3.59. The monoisotopic (exact) mass is 213 g/mol. The molecular formula is C14H15NO. The lowest BCUT2D eigenvalue weighted by Crippen LogP contribution is -2.06. The van der Waals surface area contributed by atoms with Gasteiger partial charge in [-0.2, -0.15) is 0 Å². The highest BCUT2D eigenvalue weighted by Crippen LogP contribution is 2.22. The van der Waals surface area contributed by atoms with Gasteiger partial charge < -0.3 is 4.74 Å². The maximum Gasteiger partial charge on any atom is 0.213 e. The molecule has 0 aliphatic rings. The zero-order valence-corrected chi connectivity index (χ0v) is 9.34. The lowest BCUT2D eigenvalue weighted by atomic mass is 10.1. The summed E-state index contributed by atoms with van der Waals surface area (Å²) in [5.41, 5.74) is 1.19. The molecule has 0 radical (unpaired) electrons. The maximum absolute atomic E-state index is 5.84. The normalized spacial score (nSPS) is 12.1. The molecule has 0 aliphatic carbocycles. The van der Waals surface area contributed by atoms with Crippen LogP contribution in [-0.4, -0.2) is 4.98 Å². The molecule has 1 heterocycles. The van der Waals surface area contributed by atoms with E-state index in [1.807, 2.05) is 36.4 Å². The van der Waals surface area contributed by atoms with Crippen molar-refractivity contribution in [2.24, 2.45) is 0 Å². The quantitative estimate of drug-likeness (QED) is 0.774. The fourth-order valence-electron chi connectivity index (χ4n) is 1.62. The first-order valence-electron chi connectivity index (χ1n) is 5.53. The molecule has 1 atom stereocenters. The van der Waals surface area contributed by atoms with Crippen LogP contribution < -0.4 is 4.74 Å². The van der Waals surface area contributed by atoms with Crippen LogP contribution in [-0.2, 0) is 0 Å². The summed E-state index contributed by atoms with van der Waals surface area (Å²) in [6.07, 6.45) is 2.75. The van der Waals surface area contributed by atoms with Gasteiger partial charge in [0.05, 0.1) is 0 Å². The first-order chi connectivity index (χ1) is 7.90. The standard InChI is InChI=1S/C14H15NO/c1-2-13(12-8-4-3-5-9-12)16-14-10-6-7-11-15-14/h3-11,13H,2H2,1H3. The molecule has 0 bridgehead atoms. The van der Waals surface area contributed by atoms with Crippen LogP contribution in [0.1, 0.15) is 25.0 Å². The fraction of sp³-hybridized carbons (Fsp3) is 0.214. The summed E-state index contributed by atoms with van der Waals surface area (Å²) in [7, 11) is 0. The fourth-order valence-corrected chi connectivity index (χ4v) is 1.62. The molecule has 0 spiro atoms. The molecule has 2 aromatic rings. The first kappa shape index (κ1) is 10.7. The van der Waals surface area contributed by atoms with Crippen LogP contribution in [0.5, 0.6) is 5.88 Å². The second-order valence-corrected chi connectivity index (χ2v) is 3.59. The van der Waals surface area contributed by atoms with Crippen molar-refractivity contribution in [1.82, 2.24) is 4.98 Å². The van der Waals surface area contributed by atoms with Gasteiger partial charge in [0.2, 0.25) is 5.88 Å². The van der Waals surface area contributed by atoms with E-state index in [0.717, 1.165) is 6.42 Å². The average Bonchev–Trinajstić information content (AvgIpc) is 2.38. The van der Waals surface area contributed by atoms with Crippen LogP contribution in [0.4, 0.5) is 0 Å². The summed E-state index contributed by atoms with van der Waals surface area (Å²) in [4.78, 5) is 4.17. The molecule has 0 fully saturated rings. The molecule has 0 aliphatic heterocycles. The van der Waals surface area contributed by atoms with Crippen molar-refractivity contribution in [1.29, 1.82) is 0 Å². The highest BCUT2D eigenvalue weighted by molar-refractivity contribution is 5.19. The lowest BCUT2D eigenvalue weighted by molar-refractivity contribution is 0.193. The minimum Gasteiger partial charge on any atom is -0.469 e. The second kappa shape index (κ2) is 5.31. The van der Waals surface area contributed by atoms with Gasteiger partial charge in [0.15, 0.2) is 0 Å². The van der Waals surface area contributed by atoms with Gasteiger partial charge >= 0.3 is 0 Å². The molecular weight excluding hydrogens is 198 g/mol. The molecule has 82 valence electrons. The Labute approximate surface area is 95.9 Å². The predicted molar refractivity (Wildman–Crippen MR) is 64.3 cm³/mol. The van der Waals surface area contributed by atoms with Gasteiger partial charge in [-0.1, -0.05) is 43.3 Å². The third-order valence-electron chi connectivity index (χ3n) is 2.44. The Kier molecular flexibility index (Phi) is 3.54. The number of ether oxygens (including phenoxy) is 1. The summed E-state index contributed by atoms with van der Waals surface area (Å²) in [5, 5.41) is 0.